The monoisotopic (exact) mass is 545 g/mol. The van der Waals surface area contributed by atoms with E-state index in [1.165, 1.54) is 18.4 Å². The molecule has 0 radical (unpaired) electrons. The Morgan fingerprint density at radius 1 is 1.10 bits per heavy atom. The second-order valence-electron chi connectivity index (χ2n) is 8.47. The molecular formula is C24H40IN3O3. The predicted molar refractivity (Wildman–Crippen MR) is 137 cm³/mol. The first-order chi connectivity index (χ1) is 14.7. The lowest BCUT2D eigenvalue weighted by atomic mass is 10.0. The van der Waals surface area contributed by atoms with Gasteiger partial charge in [-0.05, 0) is 69.4 Å². The van der Waals surface area contributed by atoms with E-state index < -0.39 is 0 Å². The summed E-state index contributed by atoms with van der Waals surface area (Å²) in [4.78, 5) is 4.77. The Labute approximate surface area is 204 Å². The highest BCUT2D eigenvalue weighted by Crippen LogP contribution is 2.31. The Balaban J connectivity index is 0.00000341. The number of aliphatic imine (C=N–C) groups is 1. The summed E-state index contributed by atoms with van der Waals surface area (Å²) >= 11 is 0. The van der Waals surface area contributed by atoms with E-state index in [1.54, 1.807) is 0 Å². The second-order valence-corrected chi connectivity index (χ2v) is 8.47. The summed E-state index contributed by atoms with van der Waals surface area (Å²) in [5, 5.41) is 6.75. The Hall–Kier alpha value is -1.06. The van der Waals surface area contributed by atoms with Crippen LogP contribution in [0.5, 0.6) is 5.75 Å². The molecule has 0 spiro atoms. The largest absolute Gasteiger partial charge is 0.493 e. The Morgan fingerprint density at radius 2 is 1.87 bits per heavy atom. The van der Waals surface area contributed by atoms with Crippen LogP contribution in [0.25, 0.3) is 0 Å². The molecule has 0 bridgehead atoms. The average molecular weight is 546 g/mol. The van der Waals surface area contributed by atoms with Crippen LogP contribution in [0.2, 0.25) is 0 Å². The summed E-state index contributed by atoms with van der Waals surface area (Å²) in [6.07, 6.45) is 5.81. The molecule has 1 aromatic carbocycles. The number of halogens is 1. The molecule has 31 heavy (non-hydrogen) atoms. The van der Waals surface area contributed by atoms with Gasteiger partial charge >= 0.3 is 0 Å². The minimum absolute atomic E-state index is 0. The predicted octanol–water partition coefficient (Wildman–Crippen LogP) is 4.29. The summed E-state index contributed by atoms with van der Waals surface area (Å²) in [5.74, 6) is 3.23. The summed E-state index contributed by atoms with van der Waals surface area (Å²) in [6.45, 7) is 10.7. The third kappa shape index (κ3) is 10.4. The zero-order chi connectivity index (χ0) is 21.0. The van der Waals surface area contributed by atoms with Crippen molar-refractivity contribution in [1.82, 2.24) is 10.6 Å². The molecule has 0 aromatic heterocycles. The fourth-order valence-corrected chi connectivity index (χ4v) is 3.47. The van der Waals surface area contributed by atoms with Crippen LogP contribution in [0.4, 0.5) is 0 Å². The van der Waals surface area contributed by atoms with E-state index in [9.17, 15) is 0 Å². The molecule has 0 atom stereocenters. The zero-order valence-electron chi connectivity index (χ0n) is 19.2. The lowest BCUT2D eigenvalue weighted by Crippen LogP contribution is -2.38. The molecule has 7 heteroatoms. The van der Waals surface area contributed by atoms with Crippen molar-refractivity contribution in [2.24, 2.45) is 16.8 Å². The van der Waals surface area contributed by atoms with E-state index >= 15 is 0 Å². The molecule has 1 saturated heterocycles. The topological polar surface area (TPSA) is 64.1 Å². The number of benzene rings is 1. The smallest absolute Gasteiger partial charge is 0.191 e. The van der Waals surface area contributed by atoms with Gasteiger partial charge < -0.3 is 24.8 Å². The van der Waals surface area contributed by atoms with Gasteiger partial charge in [-0.15, -0.1) is 24.0 Å². The van der Waals surface area contributed by atoms with Crippen LogP contribution in [0.1, 0.15) is 50.2 Å². The van der Waals surface area contributed by atoms with Gasteiger partial charge in [0.15, 0.2) is 5.96 Å². The Bertz CT molecular complexity index is 661. The van der Waals surface area contributed by atoms with E-state index in [0.29, 0.717) is 12.5 Å². The van der Waals surface area contributed by atoms with Crippen LogP contribution in [0, 0.1) is 18.8 Å². The van der Waals surface area contributed by atoms with Gasteiger partial charge in [0.2, 0.25) is 0 Å². The molecule has 6 nitrogen and oxygen atoms in total. The van der Waals surface area contributed by atoms with Crippen molar-refractivity contribution in [3.8, 4) is 5.75 Å². The second kappa shape index (κ2) is 14.9. The van der Waals surface area contributed by atoms with E-state index in [1.807, 2.05) is 0 Å². The van der Waals surface area contributed by atoms with Crippen molar-refractivity contribution >= 4 is 29.9 Å². The minimum atomic E-state index is 0. The first-order valence-electron chi connectivity index (χ1n) is 11.6. The first kappa shape index (κ1) is 26.2. The molecule has 0 unspecified atom stereocenters. The summed E-state index contributed by atoms with van der Waals surface area (Å²) < 4.78 is 17.3. The fourth-order valence-electron chi connectivity index (χ4n) is 3.47. The van der Waals surface area contributed by atoms with Gasteiger partial charge in [-0.3, -0.25) is 0 Å². The van der Waals surface area contributed by atoms with Crippen molar-refractivity contribution in [2.45, 2.75) is 52.5 Å². The Kier molecular flexibility index (Phi) is 12.6. The number of nitrogens with zero attached hydrogens (tertiary/aromatic N) is 1. The lowest BCUT2D eigenvalue weighted by Gasteiger charge is -2.21. The Morgan fingerprint density at radius 3 is 2.61 bits per heavy atom. The molecule has 1 aromatic rings. The normalized spacial score (nSPS) is 17.2. The van der Waals surface area contributed by atoms with Crippen LogP contribution in [-0.2, 0) is 16.0 Å². The van der Waals surface area contributed by atoms with Crippen LogP contribution in [0.15, 0.2) is 23.2 Å². The van der Waals surface area contributed by atoms with Crippen LogP contribution >= 0.6 is 24.0 Å². The molecule has 2 aliphatic rings. The summed E-state index contributed by atoms with van der Waals surface area (Å²) in [6, 6.07) is 6.39. The molecule has 1 aliphatic carbocycles. The molecule has 3 rings (SSSR count). The standard InChI is InChI=1S/C24H39N3O3.HI/c1-3-25-24(26-11-4-12-29-17-21-9-13-28-14-10-21)27-16-22-8-5-19(2)15-23(22)30-18-20-6-7-20;/h5,8,15,20-21H,3-4,6-7,9-14,16-18H2,1-2H3,(H2,25,26,27);1H. The van der Waals surface area contributed by atoms with E-state index in [2.05, 4.69) is 42.7 Å². The molecule has 1 heterocycles. The summed E-state index contributed by atoms with van der Waals surface area (Å²) in [5.41, 5.74) is 2.36. The van der Waals surface area contributed by atoms with Crippen molar-refractivity contribution in [3.05, 3.63) is 29.3 Å². The van der Waals surface area contributed by atoms with E-state index in [-0.39, 0.29) is 24.0 Å². The van der Waals surface area contributed by atoms with E-state index in [4.69, 9.17) is 19.2 Å². The highest BCUT2D eigenvalue weighted by molar-refractivity contribution is 14.0. The number of hydrogen-bond acceptors (Lipinski definition) is 4. The number of ether oxygens (including phenoxy) is 3. The van der Waals surface area contributed by atoms with Gasteiger partial charge in [0.1, 0.15) is 5.75 Å². The number of guanidine groups is 1. The number of aryl methyl sites for hydroxylation is 1. The SMILES string of the molecule is CCNC(=NCc1ccc(C)cc1OCC1CC1)NCCCOCC1CCOCC1.I. The van der Waals surface area contributed by atoms with Crippen molar-refractivity contribution < 1.29 is 14.2 Å². The third-order valence-electron chi connectivity index (χ3n) is 5.60. The first-order valence-corrected chi connectivity index (χ1v) is 11.6. The molecule has 176 valence electrons. The molecular weight excluding hydrogens is 505 g/mol. The quantitative estimate of drug-likeness (QED) is 0.178. The van der Waals surface area contributed by atoms with Gasteiger partial charge in [-0.2, -0.15) is 0 Å². The number of nitrogens with one attached hydrogen (secondary N) is 2. The van der Waals surface area contributed by atoms with Gasteiger partial charge in [-0.25, -0.2) is 4.99 Å². The number of hydrogen-bond donors (Lipinski definition) is 2. The van der Waals surface area contributed by atoms with E-state index in [0.717, 1.165) is 88.6 Å². The van der Waals surface area contributed by atoms with Crippen LogP contribution in [0.3, 0.4) is 0 Å². The average Bonchev–Trinajstić information content (AvgIpc) is 3.59. The molecule has 1 saturated carbocycles. The highest BCUT2D eigenvalue weighted by atomic mass is 127. The minimum Gasteiger partial charge on any atom is -0.493 e. The summed E-state index contributed by atoms with van der Waals surface area (Å²) in [7, 11) is 0. The zero-order valence-corrected chi connectivity index (χ0v) is 21.5. The maximum absolute atomic E-state index is 6.08. The van der Waals surface area contributed by atoms with Gasteiger partial charge in [-0.1, -0.05) is 12.1 Å². The highest BCUT2D eigenvalue weighted by Gasteiger charge is 2.22. The lowest BCUT2D eigenvalue weighted by molar-refractivity contribution is 0.0203. The molecule has 1 aliphatic heterocycles. The number of rotatable bonds is 12. The van der Waals surface area contributed by atoms with Crippen molar-refractivity contribution in [1.29, 1.82) is 0 Å². The third-order valence-corrected chi connectivity index (χ3v) is 5.60. The molecule has 2 fully saturated rings. The van der Waals surface area contributed by atoms with Crippen molar-refractivity contribution in [2.75, 3.05) is 46.1 Å². The van der Waals surface area contributed by atoms with Gasteiger partial charge in [0.25, 0.3) is 0 Å². The van der Waals surface area contributed by atoms with Gasteiger partial charge in [0.05, 0.1) is 13.2 Å². The molecule has 2 N–H and O–H groups in total. The maximum atomic E-state index is 6.08. The van der Waals surface area contributed by atoms with Gasteiger partial charge in [0, 0.05) is 45.1 Å². The van der Waals surface area contributed by atoms with Crippen LogP contribution in [-0.4, -0.2) is 52.1 Å². The fraction of sp³-hybridized carbons (Fsp3) is 0.708. The van der Waals surface area contributed by atoms with Crippen molar-refractivity contribution in [3.63, 3.8) is 0 Å². The maximum Gasteiger partial charge on any atom is 0.191 e. The van der Waals surface area contributed by atoms with Crippen LogP contribution < -0.4 is 15.4 Å². The molecule has 0 amide bonds.